The molecule has 2 saturated heterocycles. The number of hydrogen-bond acceptors (Lipinski definition) is 9. The Kier molecular flexibility index (Phi) is 10.2. The van der Waals surface area contributed by atoms with Crippen LogP contribution in [0, 0.1) is 5.82 Å². The zero-order valence-electron chi connectivity index (χ0n) is 27.9. The zero-order chi connectivity index (χ0) is 35.9. The number of anilines is 2. The lowest BCUT2D eigenvalue weighted by molar-refractivity contribution is -0.142. The van der Waals surface area contributed by atoms with Crippen molar-refractivity contribution in [2.45, 2.75) is 70.1 Å². The average Bonchev–Trinajstić information content (AvgIpc) is 3.71. The molecular weight excluding hydrogens is 687 g/mol. The Morgan fingerprint density at radius 2 is 1.92 bits per heavy atom. The van der Waals surface area contributed by atoms with Gasteiger partial charge >= 0.3 is 12.2 Å². The first kappa shape index (κ1) is 35.8. The summed E-state index contributed by atoms with van der Waals surface area (Å²) in [5.74, 6) is -1.34. The number of carbonyl (C=O) groups excluding carboxylic acids is 1. The van der Waals surface area contributed by atoms with Crippen LogP contribution in [0.1, 0.15) is 70.4 Å². The van der Waals surface area contributed by atoms with Crippen LogP contribution in [0.3, 0.4) is 0 Å². The summed E-state index contributed by atoms with van der Waals surface area (Å²) >= 11 is 6.60. The molecule has 0 aliphatic carbocycles. The van der Waals surface area contributed by atoms with E-state index in [0.29, 0.717) is 54.4 Å². The van der Waals surface area contributed by atoms with Gasteiger partial charge in [0.2, 0.25) is 0 Å². The van der Waals surface area contributed by atoms with E-state index in [4.69, 9.17) is 26.8 Å². The number of nitrogen functional groups attached to an aromatic ring is 1. The third kappa shape index (κ3) is 7.10. The monoisotopic (exact) mass is 724 g/mol. The number of aromatic nitrogens is 4. The number of alkyl halides is 3. The number of halogens is 6. The summed E-state index contributed by atoms with van der Waals surface area (Å²) < 4.78 is 80.6. The molecule has 1 amide bonds. The summed E-state index contributed by atoms with van der Waals surface area (Å²) in [5.41, 5.74) is 6.43. The van der Waals surface area contributed by atoms with Gasteiger partial charge in [-0.3, -0.25) is 14.4 Å². The van der Waals surface area contributed by atoms with Crippen molar-refractivity contribution in [1.29, 1.82) is 0 Å². The second-order valence-electron chi connectivity index (χ2n) is 13.0. The summed E-state index contributed by atoms with van der Waals surface area (Å²) in [6, 6.07) is 2.41. The van der Waals surface area contributed by atoms with E-state index in [-0.39, 0.29) is 47.9 Å². The lowest BCUT2D eigenvalue weighted by Gasteiger charge is -2.31. The van der Waals surface area contributed by atoms with Crippen molar-refractivity contribution in [1.82, 2.24) is 29.5 Å². The number of rotatable bonds is 4. The molecule has 2 fully saturated rings. The van der Waals surface area contributed by atoms with Gasteiger partial charge in [0, 0.05) is 57.4 Å². The number of amides is 1. The Morgan fingerprint density at radius 1 is 1.14 bits per heavy atom. The normalized spacial score (nSPS) is 21.2. The van der Waals surface area contributed by atoms with Gasteiger partial charge in [-0.15, -0.1) is 0 Å². The molecule has 4 aliphatic rings. The van der Waals surface area contributed by atoms with Crippen molar-refractivity contribution < 1.29 is 36.2 Å². The van der Waals surface area contributed by atoms with Gasteiger partial charge in [0.05, 0.1) is 54.7 Å². The van der Waals surface area contributed by atoms with E-state index < -0.39 is 29.2 Å². The van der Waals surface area contributed by atoms with Gasteiger partial charge in [-0.25, -0.2) is 8.78 Å². The standard InChI is InChI=1S/C25H26ClF4N7O3.C8H12FN/c1-35(2)23(38)21-20(26)17-10-36(5-4-6-37(17)34-21)22-14-11-40-18(9-16(14)32-24(33-22)39-3)13-7-12(31)8-15(27)19(13)25(28,29)30;9-5-7-4-8-2-1-3-10(8)6-7/h7-8,18H,4-6,9-11,31H2,1-3H3;5,8H,1-4,6H2/b;7-5-. The molecule has 50 heavy (non-hydrogen) atoms. The van der Waals surface area contributed by atoms with E-state index in [1.807, 2.05) is 4.90 Å². The van der Waals surface area contributed by atoms with E-state index in [2.05, 4.69) is 20.0 Å². The Bertz CT molecular complexity index is 1790. The molecule has 7 rings (SSSR count). The zero-order valence-corrected chi connectivity index (χ0v) is 28.6. The van der Waals surface area contributed by atoms with E-state index in [9.17, 15) is 26.7 Å². The fourth-order valence-corrected chi connectivity index (χ4v) is 7.31. The third-order valence-electron chi connectivity index (χ3n) is 9.41. The molecule has 0 saturated carbocycles. The fourth-order valence-electron chi connectivity index (χ4n) is 7.04. The van der Waals surface area contributed by atoms with E-state index in [1.165, 1.54) is 31.4 Å². The smallest absolute Gasteiger partial charge is 0.419 e. The average molecular weight is 725 g/mol. The Hall–Kier alpha value is -4.02. The van der Waals surface area contributed by atoms with Gasteiger partial charge < -0.3 is 25.0 Å². The summed E-state index contributed by atoms with van der Waals surface area (Å²) in [6.45, 7) is 3.23. The molecule has 0 spiro atoms. The predicted molar refractivity (Wildman–Crippen MR) is 175 cm³/mol. The number of carbonyl (C=O) groups is 1. The van der Waals surface area contributed by atoms with Gasteiger partial charge in [-0.2, -0.15) is 28.2 Å². The lowest BCUT2D eigenvalue weighted by atomic mass is 9.94. The topological polar surface area (TPSA) is 115 Å². The van der Waals surface area contributed by atoms with Crippen LogP contribution >= 0.6 is 11.6 Å². The largest absolute Gasteiger partial charge is 0.467 e. The van der Waals surface area contributed by atoms with Crippen LogP contribution in [-0.2, 0) is 37.0 Å². The molecule has 1 aromatic carbocycles. The number of benzene rings is 1. The molecule has 2 unspecified atom stereocenters. The number of aryl methyl sites for hydroxylation is 1. The molecule has 2 N–H and O–H groups in total. The number of ether oxygens (including phenoxy) is 2. The maximum atomic E-state index is 14.4. The Balaban J connectivity index is 0.000000367. The molecule has 0 bridgehead atoms. The lowest BCUT2D eigenvalue weighted by Crippen LogP contribution is -2.29. The second-order valence-corrected chi connectivity index (χ2v) is 13.4. The van der Waals surface area contributed by atoms with E-state index in [1.54, 1.807) is 18.8 Å². The van der Waals surface area contributed by atoms with Gasteiger partial charge in [0.1, 0.15) is 11.6 Å². The summed E-state index contributed by atoms with van der Waals surface area (Å²) in [4.78, 5) is 27.2. The van der Waals surface area contributed by atoms with Crippen LogP contribution in [-0.4, -0.2) is 82.3 Å². The Labute approximate surface area is 290 Å². The first-order valence-electron chi connectivity index (χ1n) is 16.2. The van der Waals surface area contributed by atoms with Gasteiger partial charge in [0.15, 0.2) is 5.69 Å². The van der Waals surface area contributed by atoms with Crippen molar-refractivity contribution in [3.8, 4) is 6.01 Å². The number of nitrogens with two attached hydrogens (primary N) is 1. The third-order valence-corrected chi connectivity index (χ3v) is 9.81. The minimum absolute atomic E-state index is 0.0107. The van der Waals surface area contributed by atoms with Crippen LogP contribution in [0.25, 0.3) is 0 Å². The van der Waals surface area contributed by atoms with Crippen LogP contribution in [0.15, 0.2) is 24.0 Å². The van der Waals surface area contributed by atoms with E-state index in [0.717, 1.165) is 30.9 Å². The minimum Gasteiger partial charge on any atom is -0.467 e. The molecule has 11 nitrogen and oxygen atoms in total. The SMILES string of the molecule is COc1nc2c(c(N3CCCn4nc(C(=O)N(C)C)c(Cl)c4C3)n1)COC(c1cc(N)cc(F)c1C(F)(F)F)C2.F/C=C1/CC2CCCN2C1. The van der Waals surface area contributed by atoms with Crippen molar-refractivity contribution >= 4 is 29.0 Å². The molecule has 0 radical (unpaired) electrons. The van der Waals surface area contributed by atoms with Crippen LogP contribution in [0.5, 0.6) is 6.01 Å². The van der Waals surface area contributed by atoms with Crippen molar-refractivity contribution in [3.05, 3.63) is 68.6 Å². The molecule has 3 aromatic rings. The van der Waals surface area contributed by atoms with Crippen molar-refractivity contribution in [2.75, 3.05) is 51.5 Å². The quantitative estimate of drug-likeness (QED) is 0.267. The molecule has 17 heteroatoms. The van der Waals surface area contributed by atoms with Crippen molar-refractivity contribution in [2.24, 2.45) is 0 Å². The summed E-state index contributed by atoms with van der Waals surface area (Å²) in [7, 11) is 4.60. The fraction of sp³-hybridized carbons (Fsp3) is 0.515. The highest BCUT2D eigenvalue weighted by atomic mass is 35.5. The van der Waals surface area contributed by atoms with Gasteiger partial charge in [-0.1, -0.05) is 11.6 Å². The molecule has 4 aliphatic heterocycles. The molecule has 6 heterocycles. The van der Waals surface area contributed by atoms with Crippen molar-refractivity contribution in [3.63, 3.8) is 0 Å². The van der Waals surface area contributed by atoms with Gasteiger partial charge in [-0.05, 0) is 55.5 Å². The number of methoxy groups -OCH3 is 1. The molecule has 2 atom stereocenters. The summed E-state index contributed by atoms with van der Waals surface area (Å²) in [6.07, 6.45) is -1.21. The number of hydrogen-bond donors (Lipinski definition) is 1. The minimum atomic E-state index is -4.95. The highest BCUT2D eigenvalue weighted by Gasteiger charge is 2.41. The van der Waals surface area contributed by atoms with Crippen LogP contribution in [0.2, 0.25) is 5.02 Å². The second kappa shape index (κ2) is 14.3. The van der Waals surface area contributed by atoms with Crippen LogP contribution < -0.4 is 15.4 Å². The first-order valence-corrected chi connectivity index (χ1v) is 16.6. The highest BCUT2D eigenvalue weighted by molar-refractivity contribution is 6.34. The molecular formula is C33H38ClF5N8O3. The van der Waals surface area contributed by atoms with Gasteiger partial charge in [0.25, 0.3) is 5.91 Å². The number of nitrogens with zero attached hydrogens (tertiary/aromatic N) is 7. The Morgan fingerprint density at radius 3 is 2.60 bits per heavy atom. The molecule has 270 valence electrons. The van der Waals surface area contributed by atoms with Crippen LogP contribution in [0.4, 0.5) is 33.5 Å². The molecule has 2 aromatic heterocycles. The maximum absolute atomic E-state index is 14.4. The highest BCUT2D eigenvalue weighted by Crippen LogP contribution is 2.43. The summed E-state index contributed by atoms with van der Waals surface area (Å²) in [5, 5.41) is 4.65. The predicted octanol–water partition coefficient (Wildman–Crippen LogP) is 5.71. The maximum Gasteiger partial charge on any atom is 0.419 e. The first-order chi connectivity index (χ1) is 23.8. The van der Waals surface area contributed by atoms with E-state index >= 15 is 0 Å². The number of fused-ring (bicyclic) bond motifs is 3.